The molecule has 1 aliphatic rings. The van der Waals surface area contributed by atoms with E-state index < -0.39 is 0 Å². The van der Waals surface area contributed by atoms with Gasteiger partial charge in [0.05, 0.1) is 16.6 Å². The number of nitrogens with zero attached hydrogens (tertiary/aromatic N) is 1. The van der Waals surface area contributed by atoms with Crippen molar-refractivity contribution in [2.45, 2.75) is 12.8 Å². The molecule has 0 spiro atoms. The molecule has 124 valence electrons. The topological polar surface area (TPSA) is 69.8 Å². The van der Waals surface area contributed by atoms with E-state index in [1.807, 2.05) is 18.2 Å². The molecule has 1 aromatic carbocycles. The lowest BCUT2D eigenvalue weighted by Crippen LogP contribution is -2.37. The van der Waals surface area contributed by atoms with Crippen LogP contribution in [0.15, 0.2) is 28.7 Å². The predicted molar refractivity (Wildman–Crippen MR) is 98.2 cm³/mol. The summed E-state index contributed by atoms with van der Waals surface area (Å²) >= 11 is 9.63. The largest absolute Gasteiger partial charge is 0.316 e. The Kier molecular flexibility index (Phi) is 6.47. The van der Waals surface area contributed by atoms with Crippen LogP contribution in [0, 0.1) is 5.92 Å². The zero-order valence-corrected chi connectivity index (χ0v) is 15.4. The zero-order chi connectivity index (χ0) is 15.5. The molecule has 3 N–H and O–H groups in total. The number of carbonyl (C=O) groups excluding carboxylic acids is 1. The number of amides is 1. The normalized spacial score (nSPS) is 17.4. The second-order valence-corrected chi connectivity index (χ2v) is 6.65. The maximum Gasteiger partial charge on any atom is 0.229 e. The lowest BCUT2D eigenvalue weighted by Gasteiger charge is -2.21. The average Bonchev–Trinajstić information content (AvgIpc) is 2.99. The number of nitrogens with one attached hydrogen (secondary N) is 3. The third kappa shape index (κ3) is 4.47. The molecule has 8 heteroatoms. The Bertz CT molecular complexity index is 686. The van der Waals surface area contributed by atoms with Crippen LogP contribution in [0.5, 0.6) is 0 Å². The third-order valence-corrected chi connectivity index (χ3v) is 4.54. The zero-order valence-electron chi connectivity index (χ0n) is 12.2. The number of hydrogen-bond acceptors (Lipinski definition) is 3. The number of halogens is 3. The molecule has 1 amide bonds. The number of H-pyrrole nitrogens is 1. The van der Waals surface area contributed by atoms with E-state index in [2.05, 4.69) is 36.8 Å². The van der Waals surface area contributed by atoms with Gasteiger partial charge in [-0.2, -0.15) is 5.10 Å². The van der Waals surface area contributed by atoms with E-state index in [0.29, 0.717) is 10.8 Å². The van der Waals surface area contributed by atoms with Crippen molar-refractivity contribution < 1.29 is 4.79 Å². The van der Waals surface area contributed by atoms with Gasteiger partial charge >= 0.3 is 0 Å². The summed E-state index contributed by atoms with van der Waals surface area (Å²) in [6, 6.07) is 7.39. The number of piperidine rings is 1. The first-order valence-corrected chi connectivity index (χ1v) is 8.33. The van der Waals surface area contributed by atoms with Crippen LogP contribution < -0.4 is 10.6 Å². The van der Waals surface area contributed by atoms with Crippen molar-refractivity contribution in [1.29, 1.82) is 0 Å². The number of anilines is 1. The van der Waals surface area contributed by atoms with Gasteiger partial charge in [0.25, 0.3) is 0 Å². The van der Waals surface area contributed by atoms with Crippen LogP contribution >= 0.6 is 39.9 Å². The summed E-state index contributed by atoms with van der Waals surface area (Å²) in [6.45, 7) is 1.71. The van der Waals surface area contributed by atoms with Crippen molar-refractivity contribution in [3.63, 3.8) is 0 Å². The first-order valence-electron chi connectivity index (χ1n) is 7.16. The van der Waals surface area contributed by atoms with Crippen molar-refractivity contribution >= 4 is 51.7 Å². The van der Waals surface area contributed by atoms with Gasteiger partial charge in [-0.3, -0.25) is 9.89 Å². The molecule has 2 aromatic rings. The molecule has 1 aromatic heterocycles. The Morgan fingerprint density at radius 2 is 2.22 bits per heavy atom. The van der Waals surface area contributed by atoms with Crippen molar-refractivity contribution in [3.05, 3.63) is 33.8 Å². The van der Waals surface area contributed by atoms with Crippen molar-refractivity contribution in [2.75, 3.05) is 18.4 Å². The molecule has 1 saturated heterocycles. The van der Waals surface area contributed by atoms with Gasteiger partial charge in [0.1, 0.15) is 0 Å². The van der Waals surface area contributed by atoms with E-state index in [1.165, 1.54) is 0 Å². The van der Waals surface area contributed by atoms with E-state index in [1.54, 1.807) is 6.07 Å². The molecule has 5 nitrogen and oxygen atoms in total. The summed E-state index contributed by atoms with van der Waals surface area (Å²) in [5.74, 6) is 0.524. The molecule has 1 atom stereocenters. The van der Waals surface area contributed by atoms with Crippen LogP contribution in [0.2, 0.25) is 5.02 Å². The van der Waals surface area contributed by atoms with E-state index in [4.69, 9.17) is 11.6 Å². The molecule has 0 saturated carbocycles. The number of rotatable bonds is 3. The van der Waals surface area contributed by atoms with Crippen LogP contribution in [-0.2, 0) is 4.79 Å². The van der Waals surface area contributed by atoms with Crippen LogP contribution in [0.3, 0.4) is 0 Å². The highest BCUT2D eigenvalue weighted by Gasteiger charge is 2.21. The van der Waals surface area contributed by atoms with Crippen LogP contribution in [0.25, 0.3) is 11.3 Å². The third-order valence-electron chi connectivity index (χ3n) is 3.72. The Hall–Kier alpha value is -1.08. The molecular weight excluding hydrogens is 403 g/mol. The van der Waals surface area contributed by atoms with Crippen LogP contribution in [0.1, 0.15) is 12.8 Å². The fourth-order valence-corrected chi connectivity index (χ4v) is 3.11. The molecule has 3 rings (SSSR count). The van der Waals surface area contributed by atoms with E-state index in [0.717, 1.165) is 41.7 Å². The average molecular weight is 420 g/mol. The molecule has 2 heterocycles. The molecule has 23 heavy (non-hydrogen) atoms. The van der Waals surface area contributed by atoms with Crippen molar-refractivity contribution in [1.82, 2.24) is 15.5 Å². The van der Waals surface area contributed by atoms with E-state index >= 15 is 0 Å². The van der Waals surface area contributed by atoms with Gasteiger partial charge in [-0.15, -0.1) is 12.4 Å². The van der Waals surface area contributed by atoms with Crippen LogP contribution in [-0.4, -0.2) is 29.2 Å². The molecule has 0 radical (unpaired) electrons. The summed E-state index contributed by atoms with van der Waals surface area (Å²) in [6.07, 6.45) is 1.94. The van der Waals surface area contributed by atoms with Gasteiger partial charge in [-0.25, -0.2) is 0 Å². The van der Waals surface area contributed by atoms with Gasteiger partial charge in [0.2, 0.25) is 5.91 Å². The highest BCUT2D eigenvalue weighted by atomic mass is 79.9. The minimum Gasteiger partial charge on any atom is -0.316 e. The fourth-order valence-electron chi connectivity index (χ4n) is 2.53. The first kappa shape index (κ1) is 18.3. The highest BCUT2D eigenvalue weighted by molar-refractivity contribution is 9.10. The maximum absolute atomic E-state index is 12.2. The maximum atomic E-state index is 12.2. The van der Waals surface area contributed by atoms with Gasteiger partial charge in [0.15, 0.2) is 5.82 Å². The van der Waals surface area contributed by atoms with Gasteiger partial charge in [-0.05, 0) is 37.6 Å². The summed E-state index contributed by atoms with van der Waals surface area (Å²) in [5.41, 5.74) is 1.60. The highest BCUT2D eigenvalue weighted by Crippen LogP contribution is 2.30. The minimum absolute atomic E-state index is 0. The molecular formula is C15H17BrCl2N4O. The Morgan fingerprint density at radius 3 is 2.96 bits per heavy atom. The smallest absolute Gasteiger partial charge is 0.229 e. The molecule has 0 bridgehead atoms. The fraction of sp³-hybridized carbons (Fsp3) is 0.333. The van der Waals surface area contributed by atoms with E-state index in [9.17, 15) is 4.79 Å². The SMILES string of the molecule is Cl.O=C(Nc1cc(-c2cc(Br)ccc2Cl)[nH]n1)C1CCCNC1. The molecule has 1 aliphatic heterocycles. The second kappa shape index (κ2) is 8.15. The van der Waals surface area contributed by atoms with Crippen LogP contribution in [0.4, 0.5) is 5.82 Å². The lowest BCUT2D eigenvalue weighted by molar-refractivity contribution is -0.120. The Labute approximate surface area is 154 Å². The van der Waals surface area contributed by atoms with Gasteiger partial charge in [0, 0.05) is 22.6 Å². The summed E-state index contributed by atoms with van der Waals surface area (Å²) in [5, 5.41) is 13.8. The number of aromatic nitrogens is 2. The van der Waals surface area contributed by atoms with Gasteiger partial charge in [-0.1, -0.05) is 27.5 Å². The van der Waals surface area contributed by atoms with Crippen molar-refractivity contribution in [3.8, 4) is 11.3 Å². The molecule has 1 fully saturated rings. The van der Waals surface area contributed by atoms with E-state index in [-0.39, 0.29) is 24.2 Å². The number of carbonyl (C=O) groups is 1. The number of hydrogen-bond donors (Lipinski definition) is 3. The Morgan fingerprint density at radius 1 is 1.39 bits per heavy atom. The Balaban J connectivity index is 0.00000192. The van der Waals surface area contributed by atoms with Gasteiger partial charge < -0.3 is 10.6 Å². The monoisotopic (exact) mass is 418 g/mol. The minimum atomic E-state index is 0. The summed E-state index contributed by atoms with van der Waals surface area (Å²) in [7, 11) is 0. The van der Waals surface area contributed by atoms with Crippen molar-refractivity contribution in [2.24, 2.45) is 5.92 Å². The predicted octanol–water partition coefficient (Wildman–Crippen LogP) is 3.85. The molecule has 0 aliphatic carbocycles. The second-order valence-electron chi connectivity index (χ2n) is 5.32. The first-order chi connectivity index (χ1) is 10.6. The quantitative estimate of drug-likeness (QED) is 0.707. The molecule has 1 unspecified atom stereocenters. The summed E-state index contributed by atoms with van der Waals surface area (Å²) in [4.78, 5) is 12.2. The lowest BCUT2D eigenvalue weighted by atomic mass is 9.99. The number of benzene rings is 1. The summed E-state index contributed by atoms with van der Waals surface area (Å²) < 4.78 is 0.931. The standard InChI is InChI=1S/C15H16BrClN4O.ClH/c16-10-3-4-12(17)11(6-10)13-7-14(21-20-13)19-15(22)9-2-1-5-18-8-9;/h3-4,6-7,9,18H,1-2,5,8H2,(H2,19,20,21,22);1H. The number of aromatic amines is 1.